The van der Waals surface area contributed by atoms with Crippen LogP contribution in [-0.4, -0.2) is 17.0 Å². The predicted molar refractivity (Wildman–Crippen MR) is 95.1 cm³/mol. The van der Waals surface area contributed by atoms with Gasteiger partial charge in [-0.3, -0.25) is 9.59 Å². The highest BCUT2D eigenvalue weighted by atomic mass is 16.4. The molecule has 0 spiro atoms. The molecule has 0 saturated carbocycles. The van der Waals surface area contributed by atoms with Crippen LogP contribution >= 0.6 is 0 Å². The summed E-state index contributed by atoms with van der Waals surface area (Å²) >= 11 is 0. The van der Waals surface area contributed by atoms with Crippen LogP contribution in [0, 0.1) is 19.8 Å². The summed E-state index contributed by atoms with van der Waals surface area (Å²) in [5.41, 5.74) is 3.69. The number of carboxylic acids is 1. The van der Waals surface area contributed by atoms with E-state index in [9.17, 15) is 14.7 Å². The van der Waals surface area contributed by atoms with E-state index >= 15 is 0 Å². The smallest absolute Gasteiger partial charge is 0.304 e. The molecule has 126 valence electrons. The van der Waals surface area contributed by atoms with Crippen LogP contribution in [0.3, 0.4) is 0 Å². The largest absolute Gasteiger partial charge is 0.481 e. The van der Waals surface area contributed by atoms with Gasteiger partial charge in [0.1, 0.15) is 0 Å². The first kappa shape index (κ1) is 17.7. The van der Waals surface area contributed by atoms with E-state index in [-0.39, 0.29) is 18.2 Å². The molecule has 0 heterocycles. The lowest BCUT2D eigenvalue weighted by molar-refractivity contribution is -0.140. The van der Waals surface area contributed by atoms with Crippen LogP contribution < -0.4 is 5.32 Å². The first-order valence-corrected chi connectivity index (χ1v) is 8.03. The van der Waals surface area contributed by atoms with Crippen molar-refractivity contribution in [3.63, 3.8) is 0 Å². The molecule has 0 aliphatic carbocycles. The topological polar surface area (TPSA) is 66.4 Å². The van der Waals surface area contributed by atoms with Gasteiger partial charge in [-0.1, -0.05) is 49.4 Å². The molecule has 2 aromatic carbocycles. The van der Waals surface area contributed by atoms with Crippen LogP contribution in [-0.2, 0) is 9.59 Å². The lowest BCUT2D eigenvalue weighted by atomic mass is 9.84. The van der Waals surface area contributed by atoms with E-state index in [4.69, 9.17) is 0 Å². The molecule has 0 aliphatic rings. The van der Waals surface area contributed by atoms with E-state index < -0.39 is 11.9 Å². The maximum absolute atomic E-state index is 12.8. The lowest BCUT2D eigenvalue weighted by Crippen LogP contribution is -2.29. The highest BCUT2D eigenvalue weighted by molar-refractivity contribution is 5.95. The third kappa shape index (κ3) is 4.44. The predicted octanol–water partition coefficient (Wildman–Crippen LogP) is 4.14. The summed E-state index contributed by atoms with van der Waals surface area (Å²) in [6, 6.07) is 15.4. The van der Waals surface area contributed by atoms with Crippen molar-refractivity contribution in [2.24, 2.45) is 5.92 Å². The molecule has 4 nitrogen and oxygen atoms in total. The number of rotatable bonds is 6. The second-order valence-corrected chi connectivity index (χ2v) is 6.21. The van der Waals surface area contributed by atoms with Gasteiger partial charge in [-0.05, 0) is 42.5 Å². The minimum absolute atomic E-state index is 0.188. The third-order valence-electron chi connectivity index (χ3n) is 4.31. The highest BCUT2D eigenvalue weighted by Gasteiger charge is 2.29. The van der Waals surface area contributed by atoms with Crippen LogP contribution in [0.1, 0.15) is 36.0 Å². The Kier molecular flexibility index (Phi) is 5.74. The van der Waals surface area contributed by atoms with E-state index in [1.807, 2.05) is 69.3 Å². The average molecular weight is 325 g/mol. The molecule has 2 N–H and O–H groups in total. The third-order valence-corrected chi connectivity index (χ3v) is 4.31. The molecule has 1 amide bonds. The summed E-state index contributed by atoms with van der Waals surface area (Å²) in [4.78, 5) is 24.0. The summed E-state index contributed by atoms with van der Waals surface area (Å²) in [6.45, 7) is 5.77. The van der Waals surface area contributed by atoms with Crippen molar-refractivity contribution in [1.82, 2.24) is 0 Å². The van der Waals surface area contributed by atoms with Crippen molar-refractivity contribution in [3.05, 3.63) is 65.2 Å². The minimum atomic E-state index is -0.973. The van der Waals surface area contributed by atoms with Gasteiger partial charge in [0.25, 0.3) is 0 Å². The zero-order chi connectivity index (χ0) is 17.7. The Morgan fingerprint density at radius 3 is 2.38 bits per heavy atom. The van der Waals surface area contributed by atoms with Crippen molar-refractivity contribution >= 4 is 17.6 Å². The summed E-state index contributed by atoms with van der Waals surface area (Å²) < 4.78 is 0. The fraction of sp³-hybridized carbons (Fsp3) is 0.300. The number of benzene rings is 2. The quantitative estimate of drug-likeness (QED) is 0.839. The number of aliphatic carboxylic acids is 1. The molecule has 2 rings (SSSR count). The van der Waals surface area contributed by atoms with Gasteiger partial charge in [0.2, 0.25) is 5.91 Å². The standard InChI is InChI=1S/C20H23NO3/c1-13-9-10-14(2)18(11-13)21-20(24)17(12-19(22)23)15(3)16-7-5-4-6-8-16/h4-11,15,17H,12H2,1-3H3,(H,21,24)(H,22,23)/t15-,17-/m0/s1. The normalized spacial score (nSPS) is 13.1. The molecule has 24 heavy (non-hydrogen) atoms. The highest BCUT2D eigenvalue weighted by Crippen LogP contribution is 2.29. The Labute approximate surface area is 142 Å². The second kappa shape index (κ2) is 7.77. The molecule has 0 unspecified atom stereocenters. The first-order valence-electron chi connectivity index (χ1n) is 8.03. The number of carbonyl (C=O) groups excluding carboxylic acids is 1. The van der Waals surface area contributed by atoms with Gasteiger partial charge in [0.15, 0.2) is 0 Å². The SMILES string of the molecule is Cc1ccc(C)c(NC(=O)[C@@H](CC(=O)O)[C@@H](C)c2ccccc2)c1. The Hall–Kier alpha value is -2.62. The number of nitrogens with one attached hydrogen (secondary N) is 1. The van der Waals surface area contributed by atoms with Crippen molar-refractivity contribution in [2.45, 2.75) is 33.1 Å². The fourth-order valence-corrected chi connectivity index (χ4v) is 2.77. The van der Waals surface area contributed by atoms with Crippen molar-refractivity contribution in [3.8, 4) is 0 Å². The van der Waals surface area contributed by atoms with Crippen LogP contribution in [0.25, 0.3) is 0 Å². The molecule has 4 heteroatoms. The van der Waals surface area contributed by atoms with E-state index in [1.165, 1.54) is 0 Å². The first-order chi connectivity index (χ1) is 11.4. The molecule has 2 atom stereocenters. The van der Waals surface area contributed by atoms with E-state index in [1.54, 1.807) is 0 Å². The molecular weight excluding hydrogens is 302 g/mol. The van der Waals surface area contributed by atoms with Gasteiger partial charge in [-0.2, -0.15) is 0 Å². The number of carbonyl (C=O) groups is 2. The summed E-state index contributed by atoms with van der Waals surface area (Å²) in [5.74, 6) is -2.06. The van der Waals surface area contributed by atoms with Crippen molar-refractivity contribution in [1.29, 1.82) is 0 Å². The number of aryl methyl sites for hydroxylation is 2. The van der Waals surface area contributed by atoms with Crippen molar-refractivity contribution in [2.75, 3.05) is 5.32 Å². The second-order valence-electron chi connectivity index (χ2n) is 6.21. The molecule has 0 fully saturated rings. The van der Waals surface area contributed by atoms with Crippen LogP contribution in [0.2, 0.25) is 0 Å². The fourth-order valence-electron chi connectivity index (χ4n) is 2.77. The van der Waals surface area contributed by atoms with Gasteiger partial charge in [-0.25, -0.2) is 0 Å². The maximum atomic E-state index is 12.8. The number of anilines is 1. The molecule has 0 aromatic heterocycles. The number of amides is 1. The zero-order valence-corrected chi connectivity index (χ0v) is 14.2. The van der Waals surface area contributed by atoms with Crippen LogP contribution in [0.5, 0.6) is 0 Å². The van der Waals surface area contributed by atoms with Gasteiger partial charge in [0, 0.05) is 5.69 Å². The monoisotopic (exact) mass is 325 g/mol. The van der Waals surface area contributed by atoms with E-state index in [0.717, 1.165) is 22.4 Å². The summed E-state index contributed by atoms with van der Waals surface area (Å²) in [7, 11) is 0. The Bertz CT molecular complexity index is 725. The molecule has 0 bridgehead atoms. The van der Waals surface area contributed by atoms with E-state index in [0.29, 0.717) is 0 Å². The van der Waals surface area contributed by atoms with Crippen LogP contribution in [0.15, 0.2) is 48.5 Å². The molecule has 0 saturated heterocycles. The summed E-state index contributed by atoms with van der Waals surface area (Å²) in [5, 5.41) is 12.1. The maximum Gasteiger partial charge on any atom is 0.304 e. The van der Waals surface area contributed by atoms with Gasteiger partial charge < -0.3 is 10.4 Å². The summed E-state index contributed by atoms with van der Waals surface area (Å²) in [6.07, 6.45) is -0.202. The molecule has 0 radical (unpaired) electrons. The minimum Gasteiger partial charge on any atom is -0.481 e. The average Bonchev–Trinajstić information content (AvgIpc) is 2.56. The van der Waals surface area contributed by atoms with Gasteiger partial charge in [0.05, 0.1) is 12.3 Å². The Morgan fingerprint density at radius 1 is 1.08 bits per heavy atom. The van der Waals surface area contributed by atoms with Gasteiger partial charge >= 0.3 is 5.97 Å². The zero-order valence-electron chi connectivity index (χ0n) is 14.2. The number of hydrogen-bond donors (Lipinski definition) is 2. The molecule has 2 aromatic rings. The van der Waals surface area contributed by atoms with E-state index in [2.05, 4.69) is 5.32 Å². The van der Waals surface area contributed by atoms with Crippen molar-refractivity contribution < 1.29 is 14.7 Å². The van der Waals surface area contributed by atoms with Crippen LogP contribution in [0.4, 0.5) is 5.69 Å². The number of carboxylic acid groups (broad SMARTS) is 1. The lowest BCUT2D eigenvalue weighted by Gasteiger charge is -2.23. The molecule has 0 aliphatic heterocycles. The Morgan fingerprint density at radius 2 is 1.75 bits per heavy atom. The number of hydrogen-bond acceptors (Lipinski definition) is 2. The van der Waals surface area contributed by atoms with Gasteiger partial charge in [-0.15, -0.1) is 0 Å². The molecular formula is C20H23NO3. The Balaban J connectivity index is 2.25.